The monoisotopic (exact) mass is 193 g/mol. The van der Waals surface area contributed by atoms with Crippen molar-refractivity contribution in [1.82, 2.24) is 0 Å². The number of pyridine rings is 1. The summed E-state index contributed by atoms with van der Waals surface area (Å²) < 4.78 is 35.3. The summed E-state index contributed by atoms with van der Waals surface area (Å²) in [5, 5.41) is 0. The number of halogens is 3. The Labute approximate surface area is 74.6 Å². The summed E-state index contributed by atoms with van der Waals surface area (Å²) in [4.78, 5) is 2.50. The lowest BCUT2D eigenvalue weighted by Gasteiger charge is -2.01. The molecule has 0 unspecified atom stereocenters. The van der Waals surface area contributed by atoms with Crippen LogP contribution in [-0.4, -0.2) is 6.54 Å². The smallest absolute Gasteiger partial charge is 0.331 e. The van der Waals surface area contributed by atoms with Crippen molar-refractivity contribution in [3.63, 3.8) is 0 Å². The largest absolute Gasteiger partial charge is 0.416 e. The van der Waals surface area contributed by atoms with Crippen molar-refractivity contribution in [2.75, 3.05) is 6.54 Å². The maximum absolute atomic E-state index is 11.8. The second-order valence-electron chi connectivity index (χ2n) is 2.19. The van der Waals surface area contributed by atoms with Gasteiger partial charge in [-0.3, -0.25) is 0 Å². The molecule has 0 radical (unpaired) electrons. The van der Waals surface area contributed by atoms with Gasteiger partial charge >= 0.3 is 6.18 Å². The molecule has 3 N–H and O–H groups in total. The normalized spacial score (nSPS) is 10.2. The second kappa shape index (κ2) is 5.53. The zero-order valence-electron chi connectivity index (χ0n) is 7.23. The van der Waals surface area contributed by atoms with Crippen molar-refractivity contribution in [2.45, 2.75) is 13.1 Å². The molecule has 13 heavy (non-hydrogen) atoms. The van der Waals surface area contributed by atoms with Crippen molar-refractivity contribution in [2.24, 2.45) is 5.73 Å². The summed E-state index contributed by atoms with van der Waals surface area (Å²) in [6.07, 6.45) is -1.75. The van der Waals surface area contributed by atoms with E-state index in [9.17, 15) is 13.2 Å². The van der Waals surface area contributed by atoms with E-state index >= 15 is 0 Å². The Morgan fingerprint density at radius 1 is 1.31 bits per heavy atom. The van der Waals surface area contributed by atoms with Crippen molar-refractivity contribution >= 4 is 0 Å². The minimum atomic E-state index is -4.23. The molecule has 5 heteroatoms. The van der Waals surface area contributed by atoms with Gasteiger partial charge < -0.3 is 5.73 Å². The van der Waals surface area contributed by atoms with Crippen molar-refractivity contribution in [3.8, 4) is 0 Å². The highest BCUT2D eigenvalue weighted by molar-refractivity contribution is 5.10. The van der Waals surface area contributed by atoms with Crippen molar-refractivity contribution in [1.29, 1.82) is 0 Å². The van der Waals surface area contributed by atoms with Gasteiger partial charge in [-0.05, 0) is 6.54 Å². The van der Waals surface area contributed by atoms with Crippen LogP contribution in [0, 0.1) is 0 Å². The summed E-state index contributed by atoms with van der Waals surface area (Å²) >= 11 is 0. The molecule has 0 atom stereocenters. The van der Waals surface area contributed by atoms with E-state index in [-0.39, 0.29) is 0 Å². The van der Waals surface area contributed by atoms with Gasteiger partial charge in [0.05, 0.1) is 5.56 Å². The average molecular weight is 193 g/mol. The molecule has 74 valence electrons. The van der Waals surface area contributed by atoms with Gasteiger partial charge in [0.25, 0.3) is 0 Å². The van der Waals surface area contributed by atoms with Gasteiger partial charge in [0, 0.05) is 12.1 Å². The van der Waals surface area contributed by atoms with E-state index in [0.717, 1.165) is 18.7 Å². The Bertz CT molecular complexity index is 221. The number of nitrogens with two attached hydrogens (primary N) is 1. The third-order valence-electron chi connectivity index (χ3n) is 1.05. The highest BCUT2D eigenvalue weighted by Crippen LogP contribution is 2.27. The van der Waals surface area contributed by atoms with Crippen molar-refractivity contribution < 1.29 is 18.2 Å². The maximum Gasteiger partial charge on any atom is 0.416 e. The third-order valence-corrected chi connectivity index (χ3v) is 1.05. The lowest BCUT2D eigenvalue weighted by Crippen LogP contribution is -2.07. The SMILES string of the molecule is CCN.FC(F)(F)c1cc[nH+]cc1. The van der Waals surface area contributed by atoms with Crippen LogP contribution in [0.25, 0.3) is 0 Å². The molecule has 0 saturated carbocycles. The van der Waals surface area contributed by atoms with E-state index in [0.29, 0.717) is 0 Å². The predicted molar refractivity (Wildman–Crippen MR) is 42.7 cm³/mol. The molecule has 0 aliphatic heterocycles. The van der Waals surface area contributed by atoms with Crippen LogP contribution in [0.1, 0.15) is 12.5 Å². The Kier molecular flexibility index (Phi) is 5.06. The van der Waals surface area contributed by atoms with Gasteiger partial charge in [0.15, 0.2) is 12.4 Å². The number of nitrogens with one attached hydrogen (secondary N) is 1. The zero-order valence-corrected chi connectivity index (χ0v) is 7.23. The summed E-state index contributed by atoms with van der Waals surface area (Å²) in [5.74, 6) is 0. The number of hydrogen-bond acceptors (Lipinski definition) is 1. The molecule has 0 aliphatic carbocycles. The van der Waals surface area contributed by atoms with Crippen LogP contribution >= 0.6 is 0 Å². The van der Waals surface area contributed by atoms with E-state index < -0.39 is 11.7 Å². The third kappa shape index (κ3) is 5.19. The first-order valence-electron chi connectivity index (χ1n) is 3.75. The predicted octanol–water partition coefficient (Wildman–Crippen LogP) is 1.48. The van der Waals surface area contributed by atoms with Crippen LogP contribution in [-0.2, 0) is 6.18 Å². The Hall–Kier alpha value is -1.10. The lowest BCUT2D eigenvalue weighted by molar-refractivity contribution is -0.378. The average Bonchev–Trinajstić information content (AvgIpc) is 2.06. The number of aromatic amines is 1. The fourth-order valence-corrected chi connectivity index (χ4v) is 0.576. The van der Waals surface area contributed by atoms with Crippen LogP contribution < -0.4 is 10.7 Å². The minimum absolute atomic E-state index is 0.633. The molecule has 1 aromatic rings. The van der Waals surface area contributed by atoms with Crippen LogP contribution in [0.15, 0.2) is 24.5 Å². The topological polar surface area (TPSA) is 40.2 Å². The molecule has 0 bridgehead atoms. The van der Waals surface area contributed by atoms with E-state index in [4.69, 9.17) is 5.73 Å². The summed E-state index contributed by atoms with van der Waals surface area (Å²) in [6, 6.07) is 1.97. The Morgan fingerprint density at radius 3 is 1.92 bits per heavy atom. The van der Waals surface area contributed by atoms with Gasteiger partial charge in [0.1, 0.15) is 0 Å². The molecule has 1 aromatic heterocycles. The standard InChI is InChI=1S/C6H4F3N.C2H7N/c7-6(8,9)5-1-3-10-4-2-5;1-2-3/h1-4H;2-3H2,1H3/p+1. The van der Waals surface area contributed by atoms with Crippen LogP contribution in [0.2, 0.25) is 0 Å². The fraction of sp³-hybridized carbons (Fsp3) is 0.375. The molecular weight excluding hydrogens is 181 g/mol. The number of rotatable bonds is 0. The molecule has 0 amide bonds. The lowest BCUT2D eigenvalue weighted by atomic mass is 10.3. The van der Waals surface area contributed by atoms with E-state index in [1.54, 1.807) is 0 Å². The first-order valence-corrected chi connectivity index (χ1v) is 3.75. The van der Waals surface area contributed by atoms with E-state index in [1.807, 2.05) is 6.92 Å². The number of aromatic nitrogens is 1. The molecule has 0 fully saturated rings. The van der Waals surface area contributed by atoms with Crippen LogP contribution in [0.5, 0.6) is 0 Å². The quantitative estimate of drug-likeness (QED) is 0.666. The fourth-order valence-electron chi connectivity index (χ4n) is 0.576. The van der Waals surface area contributed by atoms with Crippen LogP contribution in [0.3, 0.4) is 0 Å². The maximum atomic E-state index is 11.8. The van der Waals surface area contributed by atoms with Gasteiger partial charge in [-0.1, -0.05) is 6.92 Å². The molecule has 1 rings (SSSR count). The Morgan fingerprint density at radius 2 is 1.69 bits per heavy atom. The van der Waals surface area contributed by atoms with Gasteiger partial charge in [-0.15, -0.1) is 0 Å². The highest BCUT2D eigenvalue weighted by atomic mass is 19.4. The van der Waals surface area contributed by atoms with Gasteiger partial charge in [-0.25, -0.2) is 4.98 Å². The highest BCUT2D eigenvalue weighted by Gasteiger charge is 2.30. The molecule has 0 saturated heterocycles. The summed E-state index contributed by atoms with van der Waals surface area (Å²) in [5.41, 5.74) is 4.21. The van der Waals surface area contributed by atoms with E-state index in [2.05, 4.69) is 4.98 Å². The number of hydrogen-bond donors (Lipinski definition) is 1. The number of alkyl halides is 3. The molecule has 1 heterocycles. The van der Waals surface area contributed by atoms with Crippen LogP contribution in [0.4, 0.5) is 13.2 Å². The summed E-state index contributed by atoms with van der Waals surface area (Å²) in [6.45, 7) is 2.65. The molecular formula is C8H12F3N2+. The molecule has 0 aromatic carbocycles. The first-order chi connectivity index (χ1) is 6.02. The number of H-pyrrole nitrogens is 1. The van der Waals surface area contributed by atoms with E-state index in [1.165, 1.54) is 12.4 Å². The molecule has 0 aliphatic rings. The molecule has 2 nitrogen and oxygen atoms in total. The zero-order chi connectivity index (χ0) is 10.3. The first kappa shape index (κ1) is 11.9. The van der Waals surface area contributed by atoms with Crippen molar-refractivity contribution in [3.05, 3.63) is 30.1 Å². The minimum Gasteiger partial charge on any atom is -0.331 e. The molecule has 0 spiro atoms. The second-order valence-corrected chi connectivity index (χ2v) is 2.19. The van der Waals surface area contributed by atoms with Gasteiger partial charge in [-0.2, -0.15) is 13.2 Å². The van der Waals surface area contributed by atoms with Gasteiger partial charge in [0.2, 0.25) is 0 Å². The Balaban J connectivity index is 0.000000424. The summed E-state index contributed by atoms with van der Waals surface area (Å²) in [7, 11) is 0.